The summed E-state index contributed by atoms with van der Waals surface area (Å²) in [6.45, 7) is 4.41. The van der Waals surface area contributed by atoms with Gasteiger partial charge in [0, 0.05) is 11.8 Å². The normalized spacial score (nSPS) is 13.2. The monoisotopic (exact) mass is 245 g/mol. The van der Waals surface area contributed by atoms with Crippen molar-refractivity contribution in [2.75, 3.05) is 5.75 Å². The van der Waals surface area contributed by atoms with Crippen molar-refractivity contribution in [3.63, 3.8) is 0 Å². The fourth-order valence-corrected chi connectivity index (χ4v) is 2.62. The molecule has 0 saturated heterocycles. The highest BCUT2D eigenvalue weighted by atomic mass is 32.2. The van der Waals surface area contributed by atoms with Gasteiger partial charge in [0.05, 0.1) is 0 Å². The Bertz CT molecular complexity index is 493. The van der Waals surface area contributed by atoms with Crippen molar-refractivity contribution < 1.29 is 0 Å². The fraction of sp³-hybridized carbons (Fsp3) is 0.333. The number of hydrogen-bond acceptors (Lipinski definition) is 2. The molecular formula is C15H19NS. The second kappa shape index (κ2) is 5.56. The van der Waals surface area contributed by atoms with Crippen LogP contribution in [0.2, 0.25) is 0 Å². The van der Waals surface area contributed by atoms with Crippen molar-refractivity contribution >= 4 is 22.5 Å². The van der Waals surface area contributed by atoms with Gasteiger partial charge in [-0.1, -0.05) is 50.2 Å². The third-order valence-corrected chi connectivity index (χ3v) is 4.03. The average Bonchev–Trinajstić information content (AvgIpc) is 2.35. The molecule has 0 heterocycles. The molecule has 2 aromatic rings. The lowest BCUT2D eigenvalue weighted by Crippen LogP contribution is -2.14. The summed E-state index contributed by atoms with van der Waals surface area (Å²) in [6, 6.07) is 15.1. The van der Waals surface area contributed by atoms with Crippen LogP contribution in [-0.4, -0.2) is 11.0 Å². The number of hydrogen-bond donors (Lipinski definition) is 1. The Labute approximate surface area is 107 Å². The van der Waals surface area contributed by atoms with Crippen molar-refractivity contribution in [3.05, 3.63) is 48.0 Å². The third kappa shape index (κ3) is 3.24. The molecule has 2 aromatic carbocycles. The Morgan fingerprint density at radius 2 is 1.76 bits per heavy atom. The lowest BCUT2D eigenvalue weighted by Gasteiger charge is -2.14. The van der Waals surface area contributed by atoms with Crippen molar-refractivity contribution in [2.24, 2.45) is 5.73 Å². The van der Waals surface area contributed by atoms with Gasteiger partial charge in [0.25, 0.3) is 0 Å². The Balaban J connectivity index is 2.18. The molecule has 1 atom stereocenters. The maximum absolute atomic E-state index is 6.21. The van der Waals surface area contributed by atoms with Gasteiger partial charge in [-0.15, -0.1) is 0 Å². The largest absolute Gasteiger partial charge is 0.323 e. The van der Waals surface area contributed by atoms with E-state index in [0.29, 0.717) is 5.25 Å². The van der Waals surface area contributed by atoms with Gasteiger partial charge in [-0.05, 0) is 27.7 Å². The van der Waals surface area contributed by atoms with Crippen molar-refractivity contribution in [1.82, 2.24) is 0 Å². The van der Waals surface area contributed by atoms with Crippen LogP contribution in [-0.2, 0) is 0 Å². The molecule has 0 aromatic heterocycles. The second-order valence-corrected chi connectivity index (χ2v) is 6.20. The molecule has 90 valence electrons. The van der Waals surface area contributed by atoms with E-state index in [1.165, 1.54) is 16.3 Å². The average molecular weight is 245 g/mol. The van der Waals surface area contributed by atoms with E-state index in [1.54, 1.807) is 0 Å². The van der Waals surface area contributed by atoms with E-state index >= 15 is 0 Å². The fourth-order valence-electron chi connectivity index (χ4n) is 1.83. The highest BCUT2D eigenvalue weighted by Crippen LogP contribution is 2.23. The third-order valence-electron chi connectivity index (χ3n) is 2.81. The van der Waals surface area contributed by atoms with E-state index in [9.17, 15) is 0 Å². The van der Waals surface area contributed by atoms with Crippen LogP contribution in [0.25, 0.3) is 10.8 Å². The van der Waals surface area contributed by atoms with Gasteiger partial charge >= 0.3 is 0 Å². The van der Waals surface area contributed by atoms with Gasteiger partial charge in [0.15, 0.2) is 0 Å². The van der Waals surface area contributed by atoms with Gasteiger partial charge in [0.1, 0.15) is 0 Å². The van der Waals surface area contributed by atoms with Crippen LogP contribution in [0.1, 0.15) is 25.5 Å². The summed E-state index contributed by atoms with van der Waals surface area (Å²) in [7, 11) is 0. The molecule has 0 amide bonds. The molecule has 0 spiro atoms. The zero-order valence-corrected chi connectivity index (χ0v) is 11.2. The SMILES string of the molecule is CC(C)SCC(N)c1ccc2ccccc2c1. The quantitative estimate of drug-likeness (QED) is 0.881. The molecular weight excluding hydrogens is 226 g/mol. The van der Waals surface area contributed by atoms with Gasteiger partial charge in [-0.25, -0.2) is 0 Å². The molecule has 2 heteroatoms. The molecule has 1 nitrogen and oxygen atoms in total. The summed E-state index contributed by atoms with van der Waals surface area (Å²) in [4.78, 5) is 0. The molecule has 2 rings (SSSR count). The predicted molar refractivity (Wildman–Crippen MR) is 78.5 cm³/mol. The maximum Gasteiger partial charge on any atom is 0.0387 e. The minimum Gasteiger partial charge on any atom is -0.323 e. The van der Waals surface area contributed by atoms with Crippen LogP contribution in [0.15, 0.2) is 42.5 Å². The first-order chi connectivity index (χ1) is 8.16. The lowest BCUT2D eigenvalue weighted by atomic mass is 10.0. The molecule has 17 heavy (non-hydrogen) atoms. The molecule has 0 aliphatic carbocycles. The van der Waals surface area contributed by atoms with Gasteiger partial charge in [-0.2, -0.15) is 11.8 Å². The minimum absolute atomic E-state index is 0.131. The standard InChI is InChI=1S/C15H19NS/c1-11(2)17-10-15(16)14-8-7-12-5-3-4-6-13(12)9-14/h3-9,11,15H,10,16H2,1-2H3. The van der Waals surface area contributed by atoms with Crippen LogP contribution in [0, 0.1) is 0 Å². The van der Waals surface area contributed by atoms with E-state index in [4.69, 9.17) is 5.73 Å². The first-order valence-corrected chi connectivity index (χ1v) is 7.07. The number of benzene rings is 2. The number of fused-ring (bicyclic) bond motifs is 1. The van der Waals surface area contributed by atoms with Crippen LogP contribution >= 0.6 is 11.8 Å². The molecule has 0 bridgehead atoms. The van der Waals surface area contributed by atoms with Crippen LogP contribution in [0.4, 0.5) is 0 Å². The Morgan fingerprint density at radius 1 is 1.06 bits per heavy atom. The topological polar surface area (TPSA) is 26.0 Å². The van der Waals surface area contributed by atoms with Crippen molar-refractivity contribution in [1.29, 1.82) is 0 Å². The Morgan fingerprint density at radius 3 is 2.47 bits per heavy atom. The van der Waals surface area contributed by atoms with Crippen LogP contribution < -0.4 is 5.73 Å². The smallest absolute Gasteiger partial charge is 0.0387 e. The lowest BCUT2D eigenvalue weighted by molar-refractivity contribution is 0.830. The highest BCUT2D eigenvalue weighted by Gasteiger charge is 2.07. The predicted octanol–water partition coefficient (Wildman–Crippen LogP) is 3.98. The van der Waals surface area contributed by atoms with Crippen LogP contribution in [0.3, 0.4) is 0 Å². The van der Waals surface area contributed by atoms with E-state index in [-0.39, 0.29) is 6.04 Å². The summed E-state index contributed by atoms with van der Waals surface area (Å²) in [5.74, 6) is 0.982. The summed E-state index contributed by atoms with van der Waals surface area (Å²) in [5, 5.41) is 3.19. The first-order valence-electron chi connectivity index (χ1n) is 6.02. The van der Waals surface area contributed by atoms with E-state index < -0.39 is 0 Å². The van der Waals surface area contributed by atoms with Crippen LogP contribution in [0.5, 0.6) is 0 Å². The molecule has 0 aliphatic heterocycles. The molecule has 0 aliphatic rings. The number of thioether (sulfide) groups is 1. The molecule has 1 unspecified atom stereocenters. The van der Waals surface area contributed by atoms with E-state index in [2.05, 4.69) is 56.3 Å². The zero-order valence-electron chi connectivity index (χ0n) is 10.4. The summed E-state index contributed by atoms with van der Waals surface area (Å²) in [5.41, 5.74) is 7.45. The maximum atomic E-state index is 6.21. The second-order valence-electron chi connectivity index (χ2n) is 4.60. The summed E-state index contributed by atoms with van der Waals surface area (Å²) < 4.78 is 0. The summed E-state index contributed by atoms with van der Waals surface area (Å²) >= 11 is 1.91. The van der Waals surface area contributed by atoms with E-state index in [1.807, 2.05) is 11.8 Å². The molecule has 0 fully saturated rings. The molecule has 2 N–H and O–H groups in total. The summed E-state index contributed by atoms with van der Waals surface area (Å²) in [6.07, 6.45) is 0. The van der Waals surface area contributed by atoms with Crippen molar-refractivity contribution in [3.8, 4) is 0 Å². The Hall–Kier alpha value is -0.990. The molecule has 0 saturated carbocycles. The van der Waals surface area contributed by atoms with E-state index in [0.717, 1.165) is 5.75 Å². The first kappa shape index (κ1) is 12.5. The van der Waals surface area contributed by atoms with Crippen molar-refractivity contribution in [2.45, 2.75) is 25.1 Å². The number of nitrogens with two attached hydrogens (primary N) is 1. The number of rotatable bonds is 4. The van der Waals surface area contributed by atoms with Gasteiger partial charge in [0.2, 0.25) is 0 Å². The van der Waals surface area contributed by atoms with Gasteiger partial charge in [-0.3, -0.25) is 0 Å². The minimum atomic E-state index is 0.131. The molecule has 0 radical (unpaired) electrons. The Kier molecular flexibility index (Phi) is 4.08. The highest BCUT2D eigenvalue weighted by molar-refractivity contribution is 7.99. The zero-order chi connectivity index (χ0) is 12.3. The van der Waals surface area contributed by atoms with Gasteiger partial charge < -0.3 is 5.73 Å².